The smallest absolute Gasteiger partial charge is 0.289 e. The molecule has 0 aliphatic carbocycles. The van der Waals surface area contributed by atoms with Crippen molar-refractivity contribution in [1.82, 2.24) is 0 Å². The largest absolute Gasteiger partial charge is 0.460 e. The summed E-state index contributed by atoms with van der Waals surface area (Å²) in [6.45, 7) is 0. The van der Waals surface area contributed by atoms with Gasteiger partial charge in [0, 0.05) is 16.9 Å². The fourth-order valence-corrected chi connectivity index (χ4v) is 6.43. The molecule has 1 rings (SSSR count). The predicted molar refractivity (Wildman–Crippen MR) is 109 cm³/mol. The van der Waals surface area contributed by atoms with Gasteiger partial charge in [-0.3, -0.25) is 4.79 Å². The van der Waals surface area contributed by atoms with E-state index in [-0.39, 0.29) is 5.56 Å². The summed E-state index contributed by atoms with van der Waals surface area (Å²) in [6, 6.07) is 8.75. The van der Waals surface area contributed by atoms with Crippen molar-refractivity contribution in [2.75, 3.05) is 18.3 Å². The third kappa shape index (κ3) is 5.74. The van der Waals surface area contributed by atoms with Crippen LogP contribution in [0.2, 0.25) is 0 Å². The minimum Gasteiger partial charge on any atom is -0.289 e. The van der Waals surface area contributed by atoms with Gasteiger partial charge in [0.05, 0.1) is 0 Å². The maximum absolute atomic E-state index is 14.2. The third-order valence-electron chi connectivity index (χ3n) is 4.43. The highest BCUT2D eigenvalue weighted by atomic mass is 32.3. The summed E-state index contributed by atoms with van der Waals surface area (Å²) in [5, 5.41) is 10.8. The molecule has 0 saturated heterocycles. The van der Waals surface area contributed by atoms with Gasteiger partial charge in [-0.05, 0) is 12.5 Å². The van der Waals surface area contributed by atoms with Crippen molar-refractivity contribution in [2.24, 2.45) is 0 Å². The van der Waals surface area contributed by atoms with Gasteiger partial charge in [-0.25, -0.2) is 3.63 Å². The highest BCUT2D eigenvalue weighted by molar-refractivity contribution is 8.32. The maximum Gasteiger partial charge on any atom is 0.460 e. The van der Waals surface area contributed by atoms with Crippen LogP contribution in [0.5, 0.6) is 0 Å². The van der Waals surface area contributed by atoms with E-state index in [9.17, 15) is 61.5 Å². The lowest BCUT2D eigenvalue weighted by Crippen LogP contribution is -2.68. The minimum absolute atomic E-state index is 0.241. The second-order valence-corrected chi connectivity index (χ2v) is 12.7. The van der Waals surface area contributed by atoms with Crippen LogP contribution < -0.4 is 0 Å². The lowest BCUT2D eigenvalue weighted by molar-refractivity contribution is -0.413. The molecule has 0 aliphatic heterocycles. The van der Waals surface area contributed by atoms with E-state index in [0.717, 1.165) is 12.1 Å². The second-order valence-electron chi connectivity index (χ2n) is 7.61. The maximum atomic E-state index is 14.2. The van der Waals surface area contributed by atoms with Crippen LogP contribution in [0.15, 0.2) is 41.5 Å². The molecule has 19 heteroatoms. The number of rotatable bonds is 10. The molecule has 0 fully saturated rings. The fourth-order valence-electron chi connectivity index (χ4n) is 2.55. The second kappa shape index (κ2) is 10.3. The topological polar surface area (TPSA) is 108 Å². The molecule has 1 aromatic carbocycles. The highest BCUT2D eigenvalue weighted by Crippen LogP contribution is 2.60. The number of allylic oxidation sites excluding steroid dienone is 1. The molecule has 0 saturated carbocycles. The molecule has 0 bridgehead atoms. The van der Waals surface area contributed by atoms with E-state index in [1.54, 1.807) is 0 Å². The lowest BCUT2D eigenvalue weighted by atomic mass is 10.0. The Morgan fingerprint density at radius 3 is 1.66 bits per heavy atom. The molecule has 1 aromatic rings. The summed E-state index contributed by atoms with van der Waals surface area (Å²) in [7, 11) is -11.4. The Balaban J connectivity index is 3.56. The Labute approximate surface area is 208 Å². The number of alkyl halides is 11. The average Bonchev–Trinajstić information content (AvgIpc) is 2.77. The lowest BCUT2D eigenvalue weighted by Gasteiger charge is -2.38. The van der Waals surface area contributed by atoms with E-state index in [4.69, 9.17) is 10.5 Å². The third-order valence-corrected chi connectivity index (χ3v) is 8.48. The summed E-state index contributed by atoms with van der Waals surface area (Å²) in [5.74, 6) is -26.1. The van der Waals surface area contributed by atoms with Gasteiger partial charge in [0.25, 0.3) is 0 Å². The number of Topliss-reactive ketones (excluding diaryl/α,β-unsaturated/α-hetero) is 1. The van der Waals surface area contributed by atoms with E-state index in [1.807, 2.05) is 0 Å². The first-order valence-corrected chi connectivity index (χ1v) is 13.2. The molecule has 38 heavy (non-hydrogen) atoms. The molecule has 0 unspecified atom stereocenters. The minimum atomic E-state index is -8.00. The SMILES string of the molecule is CS(C)(CC(C(=O)c1ccccc1)=C(C#N)C#N)OS(=O)(=O)C(F)(F)C(F)(F)C(F)(F)C(F)(F)C(F)(F)F. The van der Waals surface area contributed by atoms with E-state index >= 15 is 0 Å². The number of nitriles is 2. The standard InChI is InChI=1S/C19H13F11N2O4S2/c1-37(2,10-13(12(8-31)9-32)14(33)11-6-4-3-5-7-11)36-38(34,35)19(29,30)17(24,25)15(20,21)16(22,23)18(26,27)28/h3-7H,10H2,1-2H3. The zero-order valence-corrected chi connectivity index (χ0v) is 20.2. The summed E-state index contributed by atoms with van der Waals surface area (Å²) in [5.41, 5.74) is -2.15. The molecule has 0 atom stereocenters. The predicted octanol–water partition coefficient (Wildman–Crippen LogP) is 5.60. The summed E-state index contributed by atoms with van der Waals surface area (Å²) >= 11 is 0. The van der Waals surface area contributed by atoms with Crippen LogP contribution in [-0.2, 0) is 13.7 Å². The van der Waals surface area contributed by atoms with Crippen LogP contribution >= 0.6 is 10.3 Å². The van der Waals surface area contributed by atoms with Gasteiger partial charge in [0.15, 0.2) is 5.78 Å². The number of halogens is 11. The zero-order chi connectivity index (χ0) is 30.2. The van der Waals surface area contributed by atoms with E-state index in [2.05, 4.69) is 3.63 Å². The normalized spacial score (nSPS) is 14.3. The first-order valence-electron chi connectivity index (χ1n) is 9.22. The number of hydrogen-bond acceptors (Lipinski definition) is 6. The van der Waals surface area contributed by atoms with Gasteiger partial charge in [-0.2, -0.15) is 67.2 Å². The number of benzene rings is 1. The quantitative estimate of drug-likeness (QED) is 0.149. The van der Waals surface area contributed by atoms with Crippen LogP contribution in [0.25, 0.3) is 0 Å². The molecule has 0 N–H and O–H groups in total. The molecular formula is C19H13F11N2O4S2. The van der Waals surface area contributed by atoms with E-state index in [1.165, 1.54) is 30.3 Å². The molecule has 0 heterocycles. The highest BCUT2D eigenvalue weighted by Gasteiger charge is 2.90. The molecule has 0 radical (unpaired) electrons. The molecule has 0 amide bonds. The van der Waals surface area contributed by atoms with Crippen LogP contribution in [0.3, 0.4) is 0 Å². The summed E-state index contributed by atoms with van der Waals surface area (Å²) < 4.78 is 174. The Bertz CT molecular complexity index is 1280. The van der Waals surface area contributed by atoms with Gasteiger partial charge >= 0.3 is 39.3 Å². The van der Waals surface area contributed by atoms with Crippen LogP contribution in [0.1, 0.15) is 10.4 Å². The number of carbonyl (C=O) groups excluding carboxylic acids is 1. The Hall–Kier alpha value is -2.90. The number of nitrogens with zero attached hydrogens (tertiary/aromatic N) is 2. The van der Waals surface area contributed by atoms with Gasteiger partial charge < -0.3 is 0 Å². The van der Waals surface area contributed by atoms with Gasteiger partial charge in [-0.15, -0.1) is 10.3 Å². The molecule has 0 aromatic heterocycles. The van der Waals surface area contributed by atoms with Crippen molar-refractivity contribution in [3.8, 4) is 12.1 Å². The monoisotopic (exact) mass is 606 g/mol. The average molecular weight is 606 g/mol. The van der Waals surface area contributed by atoms with Crippen molar-refractivity contribution < 1.29 is 65.1 Å². The molecular weight excluding hydrogens is 593 g/mol. The Morgan fingerprint density at radius 2 is 1.26 bits per heavy atom. The summed E-state index contributed by atoms with van der Waals surface area (Å²) in [4.78, 5) is 12.7. The number of ketones is 1. The number of hydrogen-bond donors (Lipinski definition) is 0. The van der Waals surface area contributed by atoms with Crippen molar-refractivity contribution in [2.45, 2.75) is 29.2 Å². The van der Waals surface area contributed by atoms with Gasteiger partial charge in [-0.1, -0.05) is 30.3 Å². The van der Waals surface area contributed by atoms with Gasteiger partial charge in [0.2, 0.25) is 0 Å². The molecule has 0 aliphatic rings. The Morgan fingerprint density at radius 1 is 0.816 bits per heavy atom. The van der Waals surface area contributed by atoms with Crippen LogP contribution in [-0.4, -0.2) is 61.7 Å². The van der Waals surface area contributed by atoms with E-state index in [0.29, 0.717) is 12.5 Å². The van der Waals surface area contributed by atoms with Crippen molar-refractivity contribution in [3.63, 3.8) is 0 Å². The van der Waals surface area contributed by atoms with Crippen LogP contribution in [0, 0.1) is 22.7 Å². The summed E-state index contributed by atoms with van der Waals surface area (Å²) in [6.07, 6.45) is -6.41. The zero-order valence-electron chi connectivity index (χ0n) is 18.6. The first kappa shape index (κ1) is 33.1. The molecule has 6 nitrogen and oxygen atoms in total. The van der Waals surface area contributed by atoms with E-state index < -0.39 is 72.3 Å². The van der Waals surface area contributed by atoms with Crippen molar-refractivity contribution >= 4 is 26.2 Å². The van der Waals surface area contributed by atoms with Crippen molar-refractivity contribution in [3.05, 3.63) is 47.0 Å². The molecule has 212 valence electrons. The van der Waals surface area contributed by atoms with Crippen LogP contribution in [0.4, 0.5) is 48.3 Å². The first-order chi connectivity index (χ1) is 16.8. The molecule has 0 spiro atoms. The van der Waals surface area contributed by atoms with Gasteiger partial charge in [0.1, 0.15) is 17.7 Å². The Kier molecular flexibility index (Phi) is 9.02. The number of carbonyl (C=O) groups is 1. The van der Waals surface area contributed by atoms with Crippen molar-refractivity contribution in [1.29, 1.82) is 10.5 Å². The fraction of sp³-hybridized carbons (Fsp3) is 0.421.